The molecule has 2 aliphatic carbocycles. The Balaban J connectivity index is 2.20. The highest BCUT2D eigenvalue weighted by Crippen LogP contribution is 2.50. The number of hydrogen-bond donors (Lipinski definition) is 0. The summed E-state index contributed by atoms with van der Waals surface area (Å²) in [5, 5.41) is 0. The second-order valence-corrected chi connectivity index (χ2v) is 5.97. The monoisotopic (exact) mass is 194 g/mol. The lowest BCUT2D eigenvalue weighted by atomic mass is 9.57. The van der Waals surface area contributed by atoms with Crippen molar-refractivity contribution >= 4 is 5.78 Å². The molecule has 2 aliphatic rings. The second-order valence-electron chi connectivity index (χ2n) is 5.97. The van der Waals surface area contributed by atoms with Gasteiger partial charge in [-0.3, -0.25) is 4.79 Å². The number of hydrogen-bond acceptors (Lipinski definition) is 1. The fourth-order valence-electron chi connectivity index (χ4n) is 3.58. The Kier molecular flexibility index (Phi) is 2.45. The van der Waals surface area contributed by atoms with Crippen molar-refractivity contribution in [2.24, 2.45) is 23.2 Å². The van der Waals surface area contributed by atoms with Gasteiger partial charge in [0.1, 0.15) is 5.78 Å². The Morgan fingerprint density at radius 1 is 1.21 bits per heavy atom. The van der Waals surface area contributed by atoms with Gasteiger partial charge in [-0.25, -0.2) is 0 Å². The van der Waals surface area contributed by atoms with Crippen molar-refractivity contribution < 1.29 is 4.79 Å². The van der Waals surface area contributed by atoms with Gasteiger partial charge in [0.05, 0.1) is 0 Å². The van der Waals surface area contributed by atoms with E-state index in [1.807, 2.05) is 0 Å². The van der Waals surface area contributed by atoms with Crippen LogP contribution in [0.2, 0.25) is 0 Å². The first-order chi connectivity index (χ1) is 6.52. The van der Waals surface area contributed by atoms with Gasteiger partial charge in [-0.05, 0) is 37.0 Å². The standard InChI is InChI=1S/C13H22O/c1-9-6-7-11-10(12(9)14)5-4-8-13(11,2)3/h9-11H,4-8H2,1-3H3/t9-,10+,11-/m1/s1. The molecule has 0 aromatic heterocycles. The first-order valence-electron chi connectivity index (χ1n) is 6.06. The third kappa shape index (κ3) is 1.51. The zero-order valence-corrected chi connectivity index (χ0v) is 9.68. The molecular weight excluding hydrogens is 172 g/mol. The molecule has 0 unspecified atom stereocenters. The van der Waals surface area contributed by atoms with Crippen LogP contribution in [0.4, 0.5) is 0 Å². The molecule has 0 spiro atoms. The Morgan fingerprint density at radius 3 is 2.64 bits per heavy atom. The van der Waals surface area contributed by atoms with E-state index in [1.165, 1.54) is 19.3 Å². The van der Waals surface area contributed by atoms with Gasteiger partial charge >= 0.3 is 0 Å². The number of ketones is 1. The van der Waals surface area contributed by atoms with E-state index in [2.05, 4.69) is 20.8 Å². The van der Waals surface area contributed by atoms with Crippen molar-refractivity contribution in [2.45, 2.75) is 52.9 Å². The predicted octanol–water partition coefficient (Wildman–Crippen LogP) is 3.43. The van der Waals surface area contributed by atoms with Crippen LogP contribution in [-0.4, -0.2) is 5.78 Å². The van der Waals surface area contributed by atoms with Gasteiger partial charge in [0, 0.05) is 11.8 Å². The molecule has 14 heavy (non-hydrogen) atoms. The van der Waals surface area contributed by atoms with Crippen LogP contribution in [0.25, 0.3) is 0 Å². The molecule has 0 bridgehead atoms. The minimum absolute atomic E-state index is 0.338. The van der Waals surface area contributed by atoms with Crippen LogP contribution < -0.4 is 0 Å². The summed E-state index contributed by atoms with van der Waals surface area (Å²) in [6.07, 6.45) is 6.15. The highest BCUT2D eigenvalue weighted by atomic mass is 16.1. The van der Waals surface area contributed by atoms with Gasteiger partial charge in [0.2, 0.25) is 0 Å². The molecular formula is C13H22O. The molecule has 80 valence electrons. The number of fused-ring (bicyclic) bond motifs is 1. The van der Waals surface area contributed by atoms with E-state index in [1.54, 1.807) is 0 Å². The average molecular weight is 194 g/mol. The van der Waals surface area contributed by atoms with Crippen LogP contribution in [0, 0.1) is 23.2 Å². The van der Waals surface area contributed by atoms with Gasteiger partial charge < -0.3 is 0 Å². The minimum atomic E-state index is 0.338. The van der Waals surface area contributed by atoms with Crippen LogP contribution in [0.15, 0.2) is 0 Å². The third-order valence-corrected chi connectivity index (χ3v) is 4.59. The SMILES string of the molecule is C[C@@H]1CC[C@@H]2[C@H](CCCC2(C)C)C1=O. The Hall–Kier alpha value is -0.330. The van der Waals surface area contributed by atoms with Crippen molar-refractivity contribution in [2.75, 3.05) is 0 Å². The van der Waals surface area contributed by atoms with E-state index in [9.17, 15) is 4.79 Å². The number of carbonyl (C=O) groups excluding carboxylic acids is 1. The van der Waals surface area contributed by atoms with Gasteiger partial charge in [0.25, 0.3) is 0 Å². The topological polar surface area (TPSA) is 17.1 Å². The van der Waals surface area contributed by atoms with E-state index in [0.717, 1.165) is 12.8 Å². The van der Waals surface area contributed by atoms with E-state index in [0.29, 0.717) is 29.0 Å². The average Bonchev–Trinajstić information content (AvgIpc) is 2.11. The summed E-state index contributed by atoms with van der Waals surface area (Å²) in [4.78, 5) is 12.0. The van der Waals surface area contributed by atoms with E-state index in [-0.39, 0.29) is 0 Å². The number of carbonyl (C=O) groups is 1. The molecule has 0 saturated heterocycles. The molecule has 2 rings (SSSR count). The quantitative estimate of drug-likeness (QED) is 0.577. The lowest BCUT2D eigenvalue weighted by Crippen LogP contribution is -2.44. The summed E-state index contributed by atoms with van der Waals surface area (Å²) >= 11 is 0. The third-order valence-electron chi connectivity index (χ3n) is 4.59. The maximum absolute atomic E-state index is 12.0. The second kappa shape index (κ2) is 3.36. The smallest absolute Gasteiger partial charge is 0.139 e. The molecule has 2 fully saturated rings. The highest BCUT2D eigenvalue weighted by molar-refractivity contribution is 5.84. The van der Waals surface area contributed by atoms with Crippen LogP contribution >= 0.6 is 0 Å². The van der Waals surface area contributed by atoms with Gasteiger partial charge in [0.15, 0.2) is 0 Å². The Morgan fingerprint density at radius 2 is 1.93 bits per heavy atom. The number of rotatable bonds is 0. The maximum atomic E-state index is 12.0. The molecule has 0 radical (unpaired) electrons. The predicted molar refractivity (Wildman–Crippen MR) is 58.0 cm³/mol. The van der Waals surface area contributed by atoms with Crippen molar-refractivity contribution in [1.29, 1.82) is 0 Å². The summed E-state index contributed by atoms with van der Waals surface area (Å²) in [6, 6.07) is 0. The molecule has 0 amide bonds. The van der Waals surface area contributed by atoms with Crippen molar-refractivity contribution in [3.63, 3.8) is 0 Å². The van der Waals surface area contributed by atoms with E-state index < -0.39 is 0 Å². The Labute approximate surface area is 87.3 Å². The lowest BCUT2D eigenvalue weighted by molar-refractivity contribution is -0.136. The zero-order chi connectivity index (χ0) is 10.3. The molecule has 2 saturated carbocycles. The first-order valence-corrected chi connectivity index (χ1v) is 6.06. The van der Waals surface area contributed by atoms with Crippen LogP contribution in [0.3, 0.4) is 0 Å². The summed E-state index contributed by atoms with van der Waals surface area (Å²) < 4.78 is 0. The maximum Gasteiger partial charge on any atom is 0.139 e. The van der Waals surface area contributed by atoms with Gasteiger partial charge in [-0.2, -0.15) is 0 Å². The van der Waals surface area contributed by atoms with E-state index >= 15 is 0 Å². The summed E-state index contributed by atoms with van der Waals surface area (Å²) in [5.74, 6) is 1.99. The zero-order valence-electron chi connectivity index (χ0n) is 9.68. The molecule has 1 nitrogen and oxygen atoms in total. The molecule has 0 aromatic rings. The molecule has 3 atom stereocenters. The van der Waals surface area contributed by atoms with Gasteiger partial charge in [-0.15, -0.1) is 0 Å². The lowest BCUT2D eigenvalue weighted by Gasteiger charge is -2.47. The van der Waals surface area contributed by atoms with E-state index in [4.69, 9.17) is 0 Å². The van der Waals surface area contributed by atoms with Crippen molar-refractivity contribution in [1.82, 2.24) is 0 Å². The highest BCUT2D eigenvalue weighted by Gasteiger charge is 2.45. The summed E-state index contributed by atoms with van der Waals surface area (Å²) in [6.45, 7) is 6.82. The van der Waals surface area contributed by atoms with Crippen molar-refractivity contribution in [3.05, 3.63) is 0 Å². The fraction of sp³-hybridized carbons (Fsp3) is 0.923. The largest absolute Gasteiger partial charge is 0.299 e. The molecule has 0 N–H and O–H groups in total. The number of Topliss-reactive ketones (excluding diaryl/α,β-unsaturated/α-hetero) is 1. The van der Waals surface area contributed by atoms with Crippen LogP contribution in [-0.2, 0) is 4.79 Å². The van der Waals surface area contributed by atoms with Crippen molar-refractivity contribution in [3.8, 4) is 0 Å². The minimum Gasteiger partial charge on any atom is -0.299 e. The normalized spacial score (nSPS) is 41.9. The molecule has 0 aromatic carbocycles. The fourth-order valence-corrected chi connectivity index (χ4v) is 3.58. The Bertz CT molecular complexity index is 242. The first kappa shape index (κ1) is 10.2. The van der Waals surface area contributed by atoms with Gasteiger partial charge in [-0.1, -0.05) is 27.2 Å². The summed E-state index contributed by atoms with van der Waals surface area (Å²) in [5.41, 5.74) is 0.415. The van der Waals surface area contributed by atoms with Crippen LogP contribution in [0.5, 0.6) is 0 Å². The summed E-state index contributed by atoms with van der Waals surface area (Å²) in [7, 11) is 0. The molecule has 0 heterocycles. The molecule has 0 aliphatic heterocycles. The molecule has 1 heteroatoms. The van der Waals surface area contributed by atoms with Crippen LogP contribution in [0.1, 0.15) is 52.9 Å².